The van der Waals surface area contributed by atoms with E-state index in [9.17, 15) is 4.79 Å². The van der Waals surface area contributed by atoms with E-state index in [1.54, 1.807) is 0 Å². The van der Waals surface area contributed by atoms with Crippen LogP contribution in [0.5, 0.6) is 17.2 Å². The Kier molecular flexibility index (Phi) is 9.30. The highest BCUT2D eigenvalue weighted by molar-refractivity contribution is 5.94. The minimum absolute atomic E-state index is 0.137. The van der Waals surface area contributed by atoms with Crippen LogP contribution in [0.1, 0.15) is 68.3 Å². The summed E-state index contributed by atoms with van der Waals surface area (Å²) in [5.41, 5.74) is 9.43. The third-order valence-electron chi connectivity index (χ3n) is 6.80. The molecule has 0 spiro atoms. The van der Waals surface area contributed by atoms with E-state index in [1.807, 2.05) is 73.7 Å². The molecule has 3 aromatic carbocycles. The molecule has 0 bridgehead atoms. The standard InChI is InChI=1S/C31H39N3O3/c1-3-19-34(25-13-6-5-7-14-25)31(35)24-12-10-11-23(20-24)22-33-28-21-26(17-18-27(28)32)37-30-16-9-8-15-29(30)36-4-2/h8-12,15-18,20-21,25,33H,3-7,13-14,19,22,32H2,1-2H3. The smallest absolute Gasteiger partial charge is 0.254 e. The third-order valence-corrected chi connectivity index (χ3v) is 6.80. The number of hydrogen-bond donors (Lipinski definition) is 2. The van der Waals surface area contributed by atoms with Gasteiger partial charge in [-0.1, -0.05) is 50.5 Å². The van der Waals surface area contributed by atoms with Gasteiger partial charge in [-0.05, 0) is 68.1 Å². The van der Waals surface area contributed by atoms with Crippen molar-refractivity contribution in [3.05, 3.63) is 77.9 Å². The average molecular weight is 502 g/mol. The Morgan fingerprint density at radius 1 is 0.973 bits per heavy atom. The molecule has 0 aliphatic heterocycles. The Hall–Kier alpha value is -3.67. The van der Waals surface area contributed by atoms with E-state index in [1.165, 1.54) is 19.3 Å². The van der Waals surface area contributed by atoms with Gasteiger partial charge in [-0.3, -0.25) is 4.79 Å². The normalized spacial score (nSPS) is 13.7. The van der Waals surface area contributed by atoms with Gasteiger partial charge in [-0.25, -0.2) is 0 Å². The first-order chi connectivity index (χ1) is 18.1. The van der Waals surface area contributed by atoms with Gasteiger partial charge in [0.15, 0.2) is 11.5 Å². The predicted molar refractivity (Wildman–Crippen MR) is 151 cm³/mol. The number of nitrogens with one attached hydrogen (secondary N) is 1. The Bertz CT molecular complexity index is 1170. The summed E-state index contributed by atoms with van der Waals surface area (Å²) in [6.07, 6.45) is 6.89. The number of rotatable bonds is 11. The molecule has 1 aliphatic carbocycles. The van der Waals surface area contributed by atoms with E-state index in [4.69, 9.17) is 15.2 Å². The average Bonchev–Trinajstić information content (AvgIpc) is 2.93. The molecule has 1 amide bonds. The van der Waals surface area contributed by atoms with Crippen LogP contribution in [0.3, 0.4) is 0 Å². The van der Waals surface area contributed by atoms with Crippen molar-refractivity contribution in [3.8, 4) is 17.2 Å². The van der Waals surface area contributed by atoms with Crippen molar-refractivity contribution in [2.75, 3.05) is 24.2 Å². The molecule has 0 atom stereocenters. The van der Waals surface area contributed by atoms with Crippen LogP contribution in [-0.2, 0) is 6.54 Å². The number of amides is 1. The monoisotopic (exact) mass is 501 g/mol. The second kappa shape index (κ2) is 13.0. The number of ether oxygens (including phenoxy) is 2. The molecule has 3 N–H and O–H groups in total. The van der Waals surface area contributed by atoms with E-state index in [0.717, 1.165) is 42.6 Å². The van der Waals surface area contributed by atoms with E-state index >= 15 is 0 Å². The molecule has 1 saturated carbocycles. The van der Waals surface area contributed by atoms with Crippen molar-refractivity contribution in [3.63, 3.8) is 0 Å². The minimum Gasteiger partial charge on any atom is -0.490 e. The molecule has 0 radical (unpaired) electrons. The predicted octanol–water partition coefficient (Wildman–Crippen LogP) is 7.26. The number of hydrogen-bond acceptors (Lipinski definition) is 5. The van der Waals surface area contributed by atoms with Crippen molar-refractivity contribution in [1.82, 2.24) is 4.90 Å². The van der Waals surface area contributed by atoms with Gasteiger partial charge in [0.1, 0.15) is 5.75 Å². The summed E-state index contributed by atoms with van der Waals surface area (Å²) < 4.78 is 11.8. The summed E-state index contributed by atoms with van der Waals surface area (Å²) in [5.74, 6) is 2.15. The molecule has 0 aromatic heterocycles. The largest absolute Gasteiger partial charge is 0.490 e. The number of carbonyl (C=O) groups is 1. The summed E-state index contributed by atoms with van der Waals surface area (Å²) in [6, 6.07) is 21.4. The van der Waals surface area contributed by atoms with Gasteiger partial charge in [-0.2, -0.15) is 0 Å². The molecule has 1 aliphatic rings. The molecule has 1 fully saturated rings. The quantitative estimate of drug-likeness (QED) is 0.271. The van der Waals surface area contributed by atoms with Crippen molar-refractivity contribution in [2.45, 2.75) is 65.0 Å². The molecule has 196 valence electrons. The molecule has 6 heteroatoms. The van der Waals surface area contributed by atoms with Crippen molar-refractivity contribution >= 4 is 17.3 Å². The topological polar surface area (TPSA) is 76.8 Å². The van der Waals surface area contributed by atoms with Gasteiger partial charge in [0.2, 0.25) is 0 Å². The van der Waals surface area contributed by atoms with E-state index in [2.05, 4.69) is 17.1 Å². The zero-order chi connectivity index (χ0) is 26.0. The fraction of sp³-hybridized carbons (Fsp3) is 0.387. The van der Waals surface area contributed by atoms with Crippen LogP contribution in [0.25, 0.3) is 0 Å². The second-order valence-corrected chi connectivity index (χ2v) is 9.58. The first kappa shape index (κ1) is 26.4. The second-order valence-electron chi connectivity index (χ2n) is 9.58. The van der Waals surface area contributed by atoms with E-state index < -0.39 is 0 Å². The number of nitrogens with zero attached hydrogens (tertiary/aromatic N) is 1. The molecule has 4 rings (SSSR count). The van der Waals surface area contributed by atoms with Crippen molar-refractivity contribution < 1.29 is 14.3 Å². The summed E-state index contributed by atoms with van der Waals surface area (Å²) in [4.78, 5) is 15.6. The number of carbonyl (C=O) groups excluding carboxylic acids is 1. The van der Waals surface area contributed by atoms with Crippen LogP contribution >= 0.6 is 0 Å². The van der Waals surface area contributed by atoms with Crippen molar-refractivity contribution in [1.29, 1.82) is 0 Å². The number of anilines is 2. The van der Waals surface area contributed by atoms with Crippen LogP contribution in [0.15, 0.2) is 66.7 Å². The molecule has 6 nitrogen and oxygen atoms in total. The molecule has 0 heterocycles. The lowest BCUT2D eigenvalue weighted by Crippen LogP contribution is -2.42. The van der Waals surface area contributed by atoms with Gasteiger partial charge < -0.3 is 25.4 Å². The number of nitrogens with two attached hydrogens (primary N) is 1. The van der Waals surface area contributed by atoms with Gasteiger partial charge >= 0.3 is 0 Å². The molecule has 37 heavy (non-hydrogen) atoms. The van der Waals surface area contributed by atoms with Crippen LogP contribution in [0.2, 0.25) is 0 Å². The van der Waals surface area contributed by atoms with Crippen LogP contribution in [0, 0.1) is 0 Å². The van der Waals surface area contributed by atoms with Gasteiger partial charge in [0.25, 0.3) is 5.91 Å². The lowest BCUT2D eigenvalue weighted by molar-refractivity contribution is 0.0634. The van der Waals surface area contributed by atoms with Crippen LogP contribution < -0.4 is 20.5 Å². The summed E-state index contributed by atoms with van der Waals surface area (Å²) in [5, 5.41) is 3.42. The fourth-order valence-electron chi connectivity index (χ4n) is 4.95. The molecule has 0 unspecified atom stereocenters. The maximum Gasteiger partial charge on any atom is 0.254 e. The molecular weight excluding hydrogens is 462 g/mol. The number of para-hydroxylation sites is 2. The summed E-state index contributed by atoms with van der Waals surface area (Å²) in [7, 11) is 0. The Morgan fingerprint density at radius 2 is 1.76 bits per heavy atom. The number of nitrogen functional groups attached to an aromatic ring is 1. The Balaban J connectivity index is 1.45. The number of benzene rings is 3. The SMILES string of the molecule is CCCN(C(=O)c1cccc(CNc2cc(Oc3ccccc3OCC)ccc2N)c1)C1CCCCC1. The lowest BCUT2D eigenvalue weighted by Gasteiger charge is -2.34. The lowest BCUT2D eigenvalue weighted by atomic mass is 9.93. The minimum atomic E-state index is 0.137. The van der Waals surface area contributed by atoms with Gasteiger partial charge in [0, 0.05) is 30.8 Å². The summed E-state index contributed by atoms with van der Waals surface area (Å²) in [6.45, 7) is 6.00. The zero-order valence-electron chi connectivity index (χ0n) is 22.0. The maximum absolute atomic E-state index is 13.5. The van der Waals surface area contributed by atoms with Crippen LogP contribution in [-0.4, -0.2) is 30.0 Å². The summed E-state index contributed by atoms with van der Waals surface area (Å²) >= 11 is 0. The van der Waals surface area contributed by atoms with E-state index in [0.29, 0.717) is 42.1 Å². The highest BCUT2D eigenvalue weighted by atomic mass is 16.5. The highest BCUT2D eigenvalue weighted by Crippen LogP contribution is 2.34. The highest BCUT2D eigenvalue weighted by Gasteiger charge is 2.25. The Morgan fingerprint density at radius 3 is 2.51 bits per heavy atom. The van der Waals surface area contributed by atoms with Gasteiger partial charge in [-0.15, -0.1) is 0 Å². The van der Waals surface area contributed by atoms with Crippen molar-refractivity contribution in [2.24, 2.45) is 0 Å². The van der Waals surface area contributed by atoms with E-state index in [-0.39, 0.29) is 5.91 Å². The first-order valence-electron chi connectivity index (χ1n) is 13.5. The fourth-order valence-corrected chi connectivity index (χ4v) is 4.95. The zero-order valence-corrected chi connectivity index (χ0v) is 22.0. The Labute approximate surface area is 220 Å². The molecule has 0 saturated heterocycles. The molecular formula is C31H39N3O3. The first-order valence-corrected chi connectivity index (χ1v) is 13.5. The van der Waals surface area contributed by atoms with Crippen LogP contribution in [0.4, 0.5) is 11.4 Å². The van der Waals surface area contributed by atoms with Gasteiger partial charge in [0.05, 0.1) is 18.0 Å². The molecule has 3 aromatic rings. The maximum atomic E-state index is 13.5. The third kappa shape index (κ3) is 6.97.